The van der Waals surface area contributed by atoms with Crippen LogP contribution in [0.3, 0.4) is 0 Å². The highest BCUT2D eigenvalue weighted by Crippen LogP contribution is 2.12. The lowest BCUT2D eigenvalue weighted by Gasteiger charge is -2.33. The molecule has 2 atom stereocenters. The summed E-state index contributed by atoms with van der Waals surface area (Å²) < 4.78 is 0. The Morgan fingerprint density at radius 2 is 1.78 bits per heavy atom. The number of nitrogens with zero attached hydrogens (tertiary/aromatic N) is 2. The number of carboxylic acid groups (broad SMARTS) is 1. The molecule has 5 nitrogen and oxygen atoms in total. The molecule has 1 saturated heterocycles. The molecule has 0 aromatic heterocycles. The molecule has 0 bridgehead atoms. The SMILES string of the molecule is CC(CN(C)C(C)C(=O)N1CCCCC1)C(=O)O. The smallest absolute Gasteiger partial charge is 0.307 e. The van der Waals surface area contributed by atoms with E-state index >= 15 is 0 Å². The van der Waals surface area contributed by atoms with Gasteiger partial charge in [0, 0.05) is 19.6 Å². The zero-order valence-electron chi connectivity index (χ0n) is 11.6. The van der Waals surface area contributed by atoms with Crippen LogP contribution in [0, 0.1) is 5.92 Å². The molecular formula is C13H24N2O3. The summed E-state index contributed by atoms with van der Waals surface area (Å²) in [7, 11) is 1.81. The highest BCUT2D eigenvalue weighted by atomic mass is 16.4. The molecular weight excluding hydrogens is 232 g/mol. The van der Waals surface area contributed by atoms with Gasteiger partial charge in [-0.25, -0.2) is 0 Å². The number of likely N-dealkylation sites (N-methyl/N-ethyl adjacent to an activating group) is 1. The first-order valence-electron chi connectivity index (χ1n) is 6.65. The van der Waals surface area contributed by atoms with Gasteiger partial charge in [0.15, 0.2) is 0 Å². The Kier molecular flexibility index (Phi) is 5.59. The van der Waals surface area contributed by atoms with Crippen molar-refractivity contribution in [3.05, 3.63) is 0 Å². The molecule has 1 N–H and O–H groups in total. The summed E-state index contributed by atoms with van der Waals surface area (Å²) in [6.07, 6.45) is 3.35. The van der Waals surface area contributed by atoms with E-state index in [4.69, 9.17) is 5.11 Å². The normalized spacial score (nSPS) is 19.7. The lowest BCUT2D eigenvalue weighted by atomic mass is 10.1. The highest BCUT2D eigenvalue weighted by Gasteiger charge is 2.26. The van der Waals surface area contributed by atoms with Gasteiger partial charge in [0.05, 0.1) is 12.0 Å². The monoisotopic (exact) mass is 256 g/mol. The van der Waals surface area contributed by atoms with Crippen molar-refractivity contribution < 1.29 is 14.7 Å². The van der Waals surface area contributed by atoms with Crippen LogP contribution >= 0.6 is 0 Å². The van der Waals surface area contributed by atoms with Crippen LogP contribution in [-0.2, 0) is 9.59 Å². The number of hydrogen-bond donors (Lipinski definition) is 1. The maximum Gasteiger partial charge on any atom is 0.307 e. The van der Waals surface area contributed by atoms with E-state index in [0.29, 0.717) is 6.54 Å². The average molecular weight is 256 g/mol. The quantitative estimate of drug-likeness (QED) is 0.798. The molecule has 0 aromatic carbocycles. The molecule has 0 aliphatic carbocycles. The summed E-state index contributed by atoms with van der Waals surface area (Å²) >= 11 is 0. The second kappa shape index (κ2) is 6.73. The van der Waals surface area contributed by atoms with Crippen molar-refractivity contribution in [1.29, 1.82) is 0 Å². The molecule has 1 aliphatic rings. The Morgan fingerprint density at radius 1 is 1.22 bits per heavy atom. The van der Waals surface area contributed by atoms with Crippen LogP contribution < -0.4 is 0 Å². The molecule has 1 rings (SSSR count). The van der Waals surface area contributed by atoms with E-state index < -0.39 is 11.9 Å². The summed E-state index contributed by atoms with van der Waals surface area (Å²) in [5.74, 6) is -1.15. The van der Waals surface area contributed by atoms with Crippen molar-refractivity contribution in [1.82, 2.24) is 9.80 Å². The van der Waals surface area contributed by atoms with Crippen LogP contribution in [0.4, 0.5) is 0 Å². The van der Waals surface area contributed by atoms with Gasteiger partial charge in [-0.3, -0.25) is 14.5 Å². The second-order valence-electron chi connectivity index (χ2n) is 5.24. The van der Waals surface area contributed by atoms with Crippen molar-refractivity contribution in [2.24, 2.45) is 5.92 Å². The van der Waals surface area contributed by atoms with Crippen LogP contribution in [0.15, 0.2) is 0 Å². The maximum atomic E-state index is 12.2. The predicted molar refractivity (Wildman–Crippen MR) is 69.3 cm³/mol. The van der Waals surface area contributed by atoms with E-state index in [1.54, 1.807) is 6.92 Å². The minimum absolute atomic E-state index is 0.120. The van der Waals surface area contributed by atoms with Crippen LogP contribution in [-0.4, -0.2) is 59.5 Å². The Balaban J connectivity index is 2.48. The van der Waals surface area contributed by atoms with Gasteiger partial charge in [-0.05, 0) is 33.2 Å². The second-order valence-corrected chi connectivity index (χ2v) is 5.24. The standard InChI is InChI=1S/C13H24N2O3/c1-10(13(17)18)9-14(3)11(2)12(16)15-7-5-4-6-8-15/h10-11H,4-9H2,1-3H3,(H,17,18). The number of aliphatic carboxylic acids is 1. The highest BCUT2D eigenvalue weighted by molar-refractivity contribution is 5.81. The van der Waals surface area contributed by atoms with Gasteiger partial charge in [-0.15, -0.1) is 0 Å². The van der Waals surface area contributed by atoms with E-state index in [0.717, 1.165) is 25.9 Å². The fraction of sp³-hybridized carbons (Fsp3) is 0.846. The number of rotatable bonds is 5. The molecule has 1 aliphatic heterocycles. The zero-order valence-corrected chi connectivity index (χ0v) is 11.6. The summed E-state index contributed by atoms with van der Waals surface area (Å²) in [6, 6.07) is -0.245. The van der Waals surface area contributed by atoms with E-state index in [1.807, 2.05) is 23.8 Å². The minimum Gasteiger partial charge on any atom is -0.481 e. The fourth-order valence-corrected chi connectivity index (χ4v) is 2.24. The molecule has 2 unspecified atom stereocenters. The lowest BCUT2D eigenvalue weighted by molar-refractivity contribution is -0.143. The van der Waals surface area contributed by atoms with Crippen molar-refractivity contribution in [2.75, 3.05) is 26.7 Å². The zero-order chi connectivity index (χ0) is 13.7. The Bertz CT molecular complexity index is 301. The molecule has 0 radical (unpaired) electrons. The first-order chi connectivity index (χ1) is 8.43. The molecule has 104 valence electrons. The van der Waals surface area contributed by atoms with E-state index in [2.05, 4.69) is 0 Å². The number of carbonyl (C=O) groups is 2. The predicted octanol–water partition coefficient (Wildman–Crippen LogP) is 1.04. The number of amides is 1. The minimum atomic E-state index is -0.820. The summed E-state index contributed by atoms with van der Waals surface area (Å²) in [5.41, 5.74) is 0. The summed E-state index contributed by atoms with van der Waals surface area (Å²) in [5, 5.41) is 8.88. The van der Waals surface area contributed by atoms with Gasteiger partial charge in [-0.2, -0.15) is 0 Å². The third-order valence-electron chi connectivity index (χ3n) is 3.67. The van der Waals surface area contributed by atoms with E-state index in [9.17, 15) is 9.59 Å². The molecule has 18 heavy (non-hydrogen) atoms. The lowest BCUT2D eigenvalue weighted by Crippen LogP contribution is -2.48. The van der Waals surface area contributed by atoms with E-state index in [1.165, 1.54) is 6.42 Å². The van der Waals surface area contributed by atoms with Crippen molar-refractivity contribution in [2.45, 2.75) is 39.2 Å². The summed E-state index contributed by atoms with van der Waals surface area (Å²) in [4.78, 5) is 26.8. The number of likely N-dealkylation sites (tertiary alicyclic amines) is 1. The van der Waals surface area contributed by atoms with Gasteiger partial charge >= 0.3 is 5.97 Å². The van der Waals surface area contributed by atoms with Crippen molar-refractivity contribution >= 4 is 11.9 Å². The maximum absolute atomic E-state index is 12.2. The molecule has 5 heteroatoms. The topological polar surface area (TPSA) is 60.9 Å². The van der Waals surface area contributed by atoms with Gasteiger partial charge in [0.1, 0.15) is 0 Å². The number of carboxylic acids is 1. The van der Waals surface area contributed by atoms with E-state index in [-0.39, 0.29) is 11.9 Å². The van der Waals surface area contributed by atoms with Gasteiger partial charge in [-0.1, -0.05) is 6.92 Å². The van der Waals surface area contributed by atoms with Crippen molar-refractivity contribution in [3.8, 4) is 0 Å². The molecule has 0 saturated carbocycles. The van der Waals surface area contributed by atoms with Crippen LogP contribution in [0.2, 0.25) is 0 Å². The van der Waals surface area contributed by atoms with Gasteiger partial charge < -0.3 is 10.0 Å². The van der Waals surface area contributed by atoms with Crippen LogP contribution in [0.25, 0.3) is 0 Å². The molecule has 0 aromatic rings. The number of piperidine rings is 1. The molecule has 1 amide bonds. The Hall–Kier alpha value is -1.10. The van der Waals surface area contributed by atoms with Crippen LogP contribution in [0.5, 0.6) is 0 Å². The van der Waals surface area contributed by atoms with Gasteiger partial charge in [0.2, 0.25) is 5.91 Å². The summed E-state index contributed by atoms with van der Waals surface area (Å²) in [6.45, 7) is 5.59. The first-order valence-corrected chi connectivity index (χ1v) is 6.65. The van der Waals surface area contributed by atoms with Gasteiger partial charge in [0.25, 0.3) is 0 Å². The average Bonchev–Trinajstić information content (AvgIpc) is 2.37. The number of carbonyl (C=O) groups excluding carboxylic acids is 1. The molecule has 1 heterocycles. The van der Waals surface area contributed by atoms with Crippen molar-refractivity contribution in [3.63, 3.8) is 0 Å². The number of hydrogen-bond acceptors (Lipinski definition) is 3. The third kappa shape index (κ3) is 3.98. The third-order valence-corrected chi connectivity index (χ3v) is 3.67. The molecule has 0 spiro atoms. The van der Waals surface area contributed by atoms with Crippen LogP contribution in [0.1, 0.15) is 33.1 Å². The fourth-order valence-electron chi connectivity index (χ4n) is 2.24. The Morgan fingerprint density at radius 3 is 2.28 bits per heavy atom. The molecule has 1 fully saturated rings. The Labute approximate surface area is 109 Å². The first kappa shape index (κ1) is 15.0. The largest absolute Gasteiger partial charge is 0.481 e.